The molecule has 3 N–H and O–H groups in total. The average molecular weight is 387 g/mol. The summed E-state index contributed by atoms with van der Waals surface area (Å²) in [6, 6.07) is 10.7. The van der Waals surface area contributed by atoms with Crippen LogP contribution in [0.3, 0.4) is 0 Å². The van der Waals surface area contributed by atoms with Crippen LogP contribution in [0.5, 0.6) is 0 Å². The van der Waals surface area contributed by atoms with Crippen molar-refractivity contribution in [1.82, 2.24) is 0 Å². The third-order valence-electron chi connectivity index (χ3n) is 2.63. The molecular weight excluding hydrogens is 375 g/mol. The monoisotopic (exact) mass is 386 g/mol. The number of nitrogens with one attached hydrogen (secondary N) is 1. The normalized spacial score (nSPS) is 10.3. The first-order valence-electron chi connectivity index (χ1n) is 5.60. The molecule has 0 heterocycles. The molecule has 0 spiro atoms. The van der Waals surface area contributed by atoms with Crippen LogP contribution in [-0.4, -0.2) is 5.91 Å². The highest BCUT2D eigenvalue weighted by molar-refractivity contribution is 14.1. The minimum Gasteiger partial charge on any atom is -0.398 e. The number of halogens is 2. The van der Waals surface area contributed by atoms with Crippen LogP contribution >= 0.6 is 34.2 Å². The van der Waals surface area contributed by atoms with Crippen molar-refractivity contribution in [2.75, 3.05) is 11.1 Å². The van der Waals surface area contributed by atoms with Crippen LogP contribution in [0.25, 0.3) is 0 Å². The largest absolute Gasteiger partial charge is 0.398 e. The summed E-state index contributed by atoms with van der Waals surface area (Å²) < 4.78 is 0.879. The molecule has 1 amide bonds. The van der Waals surface area contributed by atoms with Crippen molar-refractivity contribution in [2.45, 2.75) is 6.92 Å². The highest BCUT2D eigenvalue weighted by Crippen LogP contribution is 2.23. The van der Waals surface area contributed by atoms with Gasteiger partial charge in [-0.15, -0.1) is 0 Å². The molecule has 2 rings (SSSR count). The molecule has 5 heteroatoms. The Morgan fingerprint density at radius 3 is 2.63 bits per heavy atom. The van der Waals surface area contributed by atoms with Gasteiger partial charge < -0.3 is 11.1 Å². The Bertz CT molecular complexity index is 643. The molecule has 0 fully saturated rings. The van der Waals surface area contributed by atoms with Gasteiger partial charge in [-0.3, -0.25) is 4.79 Å². The summed E-state index contributed by atoms with van der Waals surface area (Å²) in [5.74, 6) is -0.224. The van der Waals surface area contributed by atoms with Gasteiger partial charge in [-0.05, 0) is 65.4 Å². The fraction of sp³-hybridized carbons (Fsp3) is 0.0714. The third-order valence-corrected chi connectivity index (χ3v) is 3.76. The van der Waals surface area contributed by atoms with E-state index < -0.39 is 0 Å². The Morgan fingerprint density at radius 1 is 1.26 bits per heavy atom. The van der Waals surface area contributed by atoms with Crippen molar-refractivity contribution in [3.8, 4) is 0 Å². The number of hydrogen-bond acceptors (Lipinski definition) is 2. The molecule has 0 aliphatic rings. The van der Waals surface area contributed by atoms with E-state index in [2.05, 4.69) is 27.9 Å². The Balaban J connectivity index is 2.25. The summed E-state index contributed by atoms with van der Waals surface area (Å²) in [5, 5.41) is 3.47. The topological polar surface area (TPSA) is 55.1 Å². The van der Waals surface area contributed by atoms with Gasteiger partial charge in [0.25, 0.3) is 5.91 Å². The molecule has 0 radical (unpaired) electrons. The van der Waals surface area contributed by atoms with Crippen LogP contribution in [0.2, 0.25) is 5.02 Å². The maximum atomic E-state index is 12.2. The SMILES string of the molecule is Cc1ccc(C(=O)Nc2ccc(Cl)cc2I)c(N)c1. The number of nitrogens with two attached hydrogens (primary N) is 1. The summed E-state index contributed by atoms with van der Waals surface area (Å²) in [6.45, 7) is 1.93. The zero-order chi connectivity index (χ0) is 14.0. The maximum Gasteiger partial charge on any atom is 0.257 e. The molecule has 0 aliphatic carbocycles. The van der Waals surface area contributed by atoms with Gasteiger partial charge in [0, 0.05) is 14.3 Å². The van der Waals surface area contributed by atoms with E-state index in [1.165, 1.54) is 0 Å². The van der Waals surface area contributed by atoms with Crippen LogP contribution in [0.4, 0.5) is 11.4 Å². The summed E-state index contributed by atoms with van der Waals surface area (Å²) in [5.41, 5.74) is 8.54. The third kappa shape index (κ3) is 3.39. The summed E-state index contributed by atoms with van der Waals surface area (Å²) >= 11 is 8.00. The molecule has 0 atom stereocenters. The van der Waals surface area contributed by atoms with Gasteiger partial charge in [-0.25, -0.2) is 0 Å². The Kier molecular flexibility index (Phi) is 4.31. The summed E-state index contributed by atoms with van der Waals surface area (Å²) in [6.07, 6.45) is 0. The van der Waals surface area contributed by atoms with Crippen LogP contribution in [-0.2, 0) is 0 Å². The number of anilines is 2. The van der Waals surface area contributed by atoms with Crippen LogP contribution in [0, 0.1) is 10.5 Å². The van der Waals surface area contributed by atoms with Crippen LogP contribution in [0.15, 0.2) is 36.4 Å². The number of rotatable bonds is 2. The van der Waals surface area contributed by atoms with Crippen LogP contribution in [0.1, 0.15) is 15.9 Å². The van der Waals surface area contributed by atoms with Crippen molar-refractivity contribution in [3.05, 3.63) is 56.1 Å². The molecule has 0 aliphatic heterocycles. The number of benzene rings is 2. The zero-order valence-corrected chi connectivity index (χ0v) is 13.1. The molecule has 2 aromatic carbocycles. The second-order valence-corrected chi connectivity index (χ2v) is 5.77. The van der Waals surface area contributed by atoms with Gasteiger partial charge in [0.1, 0.15) is 0 Å². The highest BCUT2D eigenvalue weighted by Gasteiger charge is 2.11. The van der Waals surface area contributed by atoms with Gasteiger partial charge in [0.2, 0.25) is 0 Å². The first kappa shape index (κ1) is 14.1. The van der Waals surface area contributed by atoms with E-state index in [-0.39, 0.29) is 5.91 Å². The molecule has 2 aromatic rings. The summed E-state index contributed by atoms with van der Waals surface area (Å²) in [4.78, 5) is 12.2. The van der Waals surface area contributed by atoms with E-state index in [4.69, 9.17) is 17.3 Å². The first-order valence-corrected chi connectivity index (χ1v) is 7.05. The number of hydrogen-bond donors (Lipinski definition) is 2. The van der Waals surface area contributed by atoms with Crippen molar-refractivity contribution < 1.29 is 4.79 Å². The highest BCUT2D eigenvalue weighted by atomic mass is 127. The predicted octanol–water partition coefficient (Wildman–Crippen LogP) is 4.09. The van der Waals surface area contributed by atoms with Crippen molar-refractivity contribution in [2.24, 2.45) is 0 Å². The van der Waals surface area contributed by atoms with Gasteiger partial charge >= 0.3 is 0 Å². The fourth-order valence-corrected chi connectivity index (χ4v) is 2.68. The van der Waals surface area contributed by atoms with E-state index in [1.807, 2.05) is 13.0 Å². The second kappa shape index (κ2) is 5.79. The molecule has 3 nitrogen and oxygen atoms in total. The quantitative estimate of drug-likeness (QED) is 0.603. The lowest BCUT2D eigenvalue weighted by Crippen LogP contribution is -2.14. The smallest absolute Gasteiger partial charge is 0.257 e. The fourth-order valence-electron chi connectivity index (χ4n) is 1.67. The van der Waals surface area contributed by atoms with E-state index in [0.717, 1.165) is 14.8 Å². The molecule has 0 saturated carbocycles. The Morgan fingerprint density at radius 2 is 2.00 bits per heavy atom. The lowest BCUT2D eigenvalue weighted by molar-refractivity contribution is 0.102. The maximum absolute atomic E-state index is 12.2. The van der Waals surface area contributed by atoms with E-state index >= 15 is 0 Å². The minimum absolute atomic E-state index is 0.224. The lowest BCUT2D eigenvalue weighted by Gasteiger charge is -2.10. The number of carbonyl (C=O) groups excluding carboxylic acids is 1. The van der Waals surface area contributed by atoms with Crippen LogP contribution < -0.4 is 11.1 Å². The number of nitrogen functional groups attached to an aromatic ring is 1. The van der Waals surface area contributed by atoms with Crippen molar-refractivity contribution in [3.63, 3.8) is 0 Å². The lowest BCUT2D eigenvalue weighted by atomic mass is 10.1. The molecule has 98 valence electrons. The van der Waals surface area contributed by atoms with Gasteiger partial charge in [-0.2, -0.15) is 0 Å². The van der Waals surface area contributed by atoms with Crippen molar-refractivity contribution >= 4 is 51.5 Å². The van der Waals surface area contributed by atoms with Gasteiger partial charge in [-0.1, -0.05) is 17.7 Å². The number of aryl methyl sites for hydroxylation is 1. The van der Waals surface area contributed by atoms with Crippen molar-refractivity contribution in [1.29, 1.82) is 0 Å². The number of carbonyl (C=O) groups is 1. The van der Waals surface area contributed by atoms with Gasteiger partial charge in [0.15, 0.2) is 0 Å². The van der Waals surface area contributed by atoms with E-state index in [9.17, 15) is 4.79 Å². The molecular formula is C14H12ClIN2O. The molecule has 0 saturated heterocycles. The zero-order valence-electron chi connectivity index (χ0n) is 10.2. The number of amides is 1. The average Bonchev–Trinajstić information content (AvgIpc) is 2.32. The second-order valence-electron chi connectivity index (χ2n) is 4.17. The Labute approximate surface area is 130 Å². The molecule has 0 aromatic heterocycles. The van der Waals surface area contributed by atoms with E-state index in [0.29, 0.717) is 16.3 Å². The molecule has 0 bridgehead atoms. The molecule has 0 unspecified atom stereocenters. The predicted molar refractivity (Wildman–Crippen MR) is 87.7 cm³/mol. The first-order chi connectivity index (χ1) is 8.97. The standard InChI is InChI=1S/C14H12ClIN2O/c1-8-2-4-10(12(17)6-8)14(19)18-13-5-3-9(15)7-11(13)16/h2-7H,17H2,1H3,(H,18,19). The van der Waals surface area contributed by atoms with Gasteiger partial charge in [0.05, 0.1) is 11.3 Å². The minimum atomic E-state index is -0.224. The summed E-state index contributed by atoms with van der Waals surface area (Å²) in [7, 11) is 0. The molecule has 19 heavy (non-hydrogen) atoms. The van der Waals surface area contributed by atoms with E-state index in [1.54, 1.807) is 30.3 Å². The Hall–Kier alpha value is -1.27.